The van der Waals surface area contributed by atoms with Gasteiger partial charge >= 0.3 is 0 Å². The van der Waals surface area contributed by atoms with Crippen LogP contribution in [0.5, 0.6) is 0 Å². The Morgan fingerprint density at radius 1 is 1.79 bits per heavy atom. The molecule has 0 aliphatic heterocycles. The minimum Gasteiger partial charge on any atom is -0.350 e. The molecule has 1 aromatic rings. The van der Waals surface area contributed by atoms with Gasteiger partial charge in [0.2, 0.25) is 5.91 Å². The molecule has 0 aliphatic rings. The predicted octanol–water partition coefficient (Wildman–Crippen LogP) is 0.744. The standard InChI is InChI=1S/C9H15N3OS/c1-7(3-10)2-9(13)11-4-8-5-14-6-12-8/h5-7H,2-4,10H2,1H3,(H,11,13). The summed E-state index contributed by atoms with van der Waals surface area (Å²) in [6.45, 7) is 3.02. The number of thiazole rings is 1. The second-order valence-corrected chi connectivity index (χ2v) is 4.02. The Kier molecular flexibility index (Phi) is 4.55. The first-order valence-corrected chi connectivity index (χ1v) is 5.50. The number of carbonyl (C=O) groups is 1. The monoisotopic (exact) mass is 213 g/mol. The molecule has 78 valence electrons. The number of rotatable bonds is 5. The lowest BCUT2D eigenvalue weighted by Gasteiger charge is -2.07. The lowest BCUT2D eigenvalue weighted by atomic mass is 10.1. The molecule has 0 radical (unpaired) electrons. The molecule has 0 aromatic carbocycles. The summed E-state index contributed by atoms with van der Waals surface area (Å²) in [6.07, 6.45) is 0.487. The largest absolute Gasteiger partial charge is 0.350 e. The van der Waals surface area contributed by atoms with Gasteiger partial charge in [-0.15, -0.1) is 11.3 Å². The van der Waals surface area contributed by atoms with Crippen LogP contribution < -0.4 is 11.1 Å². The van der Waals surface area contributed by atoms with E-state index in [2.05, 4.69) is 10.3 Å². The first-order chi connectivity index (χ1) is 6.72. The van der Waals surface area contributed by atoms with Gasteiger partial charge in [-0.1, -0.05) is 6.92 Å². The first kappa shape index (κ1) is 11.1. The van der Waals surface area contributed by atoms with Crippen LogP contribution in [0.3, 0.4) is 0 Å². The zero-order valence-electron chi connectivity index (χ0n) is 8.19. The van der Waals surface area contributed by atoms with Crippen LogP contribution in [-0.2, 0) is 11.3 Å². The van der Waals surface area contributed by atoms with E-state index in [9.17, 15) is 4.79 Å². The SMILES string of the molecule is CC(CN)CC(=O)NCc1cscn1. The molecule has 1 unspecified atom stereocenters. The maximum Gasteiger partial charge on any atom is 0.220 e. The highest BCUT2D eigenvalue weighted by molar-refractivity contribution is 7.07. The Morgan fingerprint density at radius 2 is 2.57 bits per heavy atom. The van der Waals surface area contributed by atoms with Gasteiger partial charge in [0, 0.05) is 11.8 Å². The quantitative estimate of drug-likeness (QED) is 0.758. The molecule has 0 aliphatic carbocycles. The van der Waals surface area contributed by atoms with Gasteiger partial charge in [-0.25, -0.2) is 4.98 Å². The molecule has 0 saturated heterocycles. The maximum atomic E-state index is 11.3. The molecule has 0 saturated carbocycles. The van der Waals surface area contributed by atoms with Crippen LogP contribution in [0, 0.1) is 5.92 Å². The molecule has 14 heavy (non-hydrogen) atoms. The average molecular weight is 213 g/mol. The zero-order chi connectivity index (χ0) is 10.4. The summed E-state index contributed by atoms with van der Waals surface area (Å²) in [7, 11) is 0. The summed E-state index contributed by atoms with van der Waals surface area (Å²) < 4.78 is 0. The van der Waals surface area contributed by atoms with Gasteiger partial charge < -0.3 is 11.1 Å². The first-order valence-electron chi connectivity index (χ1n) is 4.56. The number of amides is 1. The van der Waals surface area contributed by atoms with Crippen LogP contribution in [0.1, 0.15) is 19.0 Å². The van der Waals surface area contributed by atoms with E-state index in [1.54, 1.807) is 5.51 Å². The third-order valence-corrected chi connectivity index (χ3v) is 2.52. The number of hydrogen-bond donors (Lipinski definition) is 2. The molecule has 1 amide bonds. The van der Waals surface area contributed by atoms with Crippen LogP contribution in [-0.4, -0.2) is 17.4 Å². The molecule has 5 heteroatoms. The summed E-state index contributed by atoms with van der Waals surface area (Å²) in [5.41, 5.74) is 8.08. The van der Waals surface area contributed by atoms with E-state index in [-0.39, 0.29) is 11.8 Å². The second kappa shape index (κ2) is 5.72. The summed E-state index contributed by atoms with van der Waals surface area (Å²) in [6, 6.07) is 0. The van der Waals surface area contributed by atoms with Gasteiger partial charge in [-0.05, 0) is 12.5 Å². The Bertz CT molecular complexity index is 274. The highest BCUT2D eigenvalue weighted by Crippen LogP contribution is 2.01. The maximum absolute atomic E-state index is 11.3. The van der Waals surface area contributed by atoms with Crippen molar-refractivity contribution in [2.24, 2.45) is 11.7 Å². The molecule has 3 N–H and O–H groups in total. The predicted molar refractivity (Wildman–Crippen MR) is 56.8 cm³/mol. The van der Waals surface area contributed by atoms with Crippen LogP contribution in [0.2, 0.25) is 0 Å². The lowest BCUT2D eigenvalue weighted by Crippen LogP contribution is -2.26. The van der Waals surface area contributed by atoms with Crippen molar-refractivity contribution in [1.82, 2.24) is 10.3 Å². The van der Waals surface area contributed by atoms with Crippen molar-refractivity contribution >= 4 is 17.2 Å². The van der Waals surface area contributed by atoms with Gasteiger partial charge in [0.05, 0.1) is 17.7 Å². The van der Waals surface area contributed by atoms with E-state index in [1.807, 2.05) is 12.3 Å². The Morgan fingerprint density at radius 3 is 3.14 bits per heavy atom. The van der Waals surface area contributed by atoms with E-state index in [0.717, 1.165) is 5.69 Å². The minimum absolute atomic E-state index is 0.0379. The van der Waals surface area contributed by atoms with Gasteiger partial charge in [0.25, 0.3) is 0 Å². The van der Waals surface area contributed by atoms with Gasteiger partial charge in [-0.2, -0.15) is 0 Å². The molecular formula is C9H15N3OS. The summed E-state index contributed by atoms with van der Waals surface area (Å²) in [4.78, 5) is 15.4. The van der Waals surface area contributed by atoms with Crippen molar-refractivity contribution in [2.45, 2.75) is 19.9 Å². The summed E-state index contributed by atoms with van der Waals surface area (Å²) >= 11 is 1.53. The van der Waals surface area contributed by atoms with Crippen molar-refractivity contribution in [3.05, 3.63) is 16.6 Å². The van der Waals surface area contributed by atoms with E-state index in [4.69, 9.17) is 5.73 Å². The molecular weight excluding hydrogens is 198 g/mol. The fourth-order valence-corrected chi connectivity index (χ4v) is 1.54. The number of nitrogens with zero attached hydrogens (tertiary/aromatic N) is 1. The van der Waals surface area contributed by atoms with Crippen LogP contribution >= 0.6 is 11.3 Å². The van der Waals surface area contributed by atoms with Crippen LogP contribution in [0.25, 0.3) is 0 Å². The smallest absolute Gasteiger partial charge is 0.220 e. The third kappa shape index (κ3) is 3.85. The Hall–Kier alpha value is -0.940. The van der Waals surface area contributed by atoms with Crippen LogP contribution in [0.15, 0.2) is 10.9 Å². The number of carbonyl (C=O) groups excluding carboxylic acids is 1. The average Bonchev–Trinajstić information content (AvgIpc) is 2.67. The lowest BCUT2D eigenvalue weighted by molar-refractivity contribution is -0.122. The fraction of sp³-hybridized carbons (Fsp3) is 0.556. The van der Waals surface area contributed by atoms with Crippen molar-refractivity contribution in [3.8, 4) is 0 Å². The van der Waals surface area contributed by atoms with E-state index in [1.165, 1.54) is 11.3 Å². The van der Waals surface area contributed by atoms with Crippen molar-refractivity contribution < 1.29 is 4.79 Å². The number of nitrogens with two attached hydrogens (primary N) is 1. The van der Waals surface area contributed by atoms with Crippen molar-refractivity contribution in [1.29, 1.82) is 0 Å². The highest BCUT2D eigenvalue weighted by atomic mass is 32.1. The minimum atomic E-state index is 0.0379. The Balaban J connectivity index is 2.22. The zero-order valence-corrected chi connectivity index (χ0v) is 9.01. The molecule has 0 fully saturated rings. The van der Waals surface area contributed by atoms with Crippen molar-refractivity contribution in [2.75, 3.05) is 6.54 Å². The Labute approximate surface area is 87.5 Å². The molecule has 4 nitrogen and oxygen atoms in total. The van der Waals surface area contributed by atoms with Gasteiger partial charge in [0.15, 0.2) is 0 Å². The van der Waals surface area contributed by atoms with E-state index < -0.39 is 0 Å². The van der Waals surface area contributed by atoms with Crippen LogP contribution in [0.4, 0.5) is 0 Å². The molecule has 0 bridgehead atoms. The number of aromatic nitrogens is 1. The molecule has 0 spiro atoms. The number of nitrogens with one attached hydrogen (secondary N) is 1. The second-order valence-electron chi connectivity index (χ2n) is 3.30. The topological polar surface area (TPSA) is 68.0 Å². The molecule has 1 aromatic heterocycles. The number of hydrogen-bond acceptors (Lipinski definition) is 4. The highest BCUT2D eigenvalue weighted by Gasteiger charge is 2.07. The van der Waals surface area contributed by atoms with Crippen molar-refractivity contribution in [3.63, 3.8) is 0 Å². The molecule has 1 heterocycles. The molecule has 1 rings (SSSR count). The fourth-order valence-electron chi connectivity index (χ4n) is 0.986. The normalized spacial score (nSPS) is 12.4. The molecule has 1 atom stereocenters. The van der Waals surface area contributed by atoms with E-state index >= 15 is 0 Å². The van der Waals surface area contributed by atoms with Gasteiger partial charge in [-0.3, -0.25) is 4.79 Å². The van der Waals surface area contributed by atoms with E-state index in [0.29, 0.717) is 19.5 Å². The summed E-state index contributed by atoms with van der Waals surface area (Å²) in [5.74, 6) is 0.279. The van der Waals surface area contributed by atoms with Gasteiger partial charge in [0.1, 0.15) is 0 Å². The summed E-state index contributed by atoms with van der Waals surface area (Å²) in [5, 5.41) is 4.72. The third-order valence-electron chi connectivity index (χ3n) is 1.89.